The fraction of sp³-hybridized carbons (Fsp3) is 0.231. The summed E-state index contributed by atoms with van der Waals surface area (Å²) in [5.41, 5.74) is 1.98. The Morgan fingerprint density at radius 2 is 1.94 bits per heavy atom. The molecular weight excluding hydrogens is 246 g/mol. The van der Waals surface area contributed by atoms with Crippen LogP contribution in [0, 0.1) is 6.92 Å². The van der Waals surface area contributed by atoms with Crippen LogP contribution in [0.3, 0.4) is 0 Å². The summed E-state index contributed by atoms with van der Waals surface area (Å²) in [7, 11) is 0. The fourth-order valence-electron chi connectivity index (χ4n) is 1.50. The molecular formula is C13H15N3OS. The molecule has 0 fully saturated rings. The number of nitrogens with one attached hydrogen (secondary N) is 2. The Bertz CT molecular complexity index is 510. The van der Waals surface area contributed by atoms with Gasteiger partial charge in [0.2, 0.25) is 0 Å². The molecule has 2 N–H and O–H groups in total. The van der Waals surface area contributed by atoms with Crippen molar-refractivity contribution >= 4 is 17.4 Å². The Morgan fingerprint density at radius 3 is 2.61 bits per heavy atom. The minimum atomic E-state index is -0.176. The van der Waals surface area contributed by atoms with E-state index in [2.05, 4.69) is 15.6 Å². The molecule has 0 aliphatic carbocycles. The predicted octanol–water partition coefficient (Wildman–Crippen LogP) is 2.45. The molecule has 0 aliphatic heterocycles. The second-order valence-electron chi connectivity index (χ2n) is 3.88. The smallest absolute Gasteiger partial charge is 0.315 e. The third kappa shape index (κ3) is 3.85. The molecule has 2 aromatic rings. The van der Waals surface area contributed by atoms with Gasteiger partial charge in [-0.1, -0.05) is 30.3 Å². The first-order chi connectivity index (χ1) is 8.74. The lowest BCUT2D eigenvalue weighted by Gasteiger charge is -2.06. The summed E-state index contributed by atoms with van der Waals surface area (Å²) >= 11 is 1.58. The molecule has 0 spiro atoms. The molecule has 0 aliphatic rings. The second-order valence-corrected chi connectivity index (χ2v) is 4.94. The molecule has 2 rings (SSSR count). The van der Waals surface area contributed by atoms with E-state index in [9.17, 15) is 4.79 Å². The van der Waals surface area contributed by atoms with E-state index in [1.165, 1.54) is 0 Å². The van der Waals surface area contributed by atoms with E-state index in [1.807, 2.05) is 42.6 Å². The molecule has 2 amide bonds. The van der Waals surface area contributed by atoms with Crippen molar-refractivity contribution in [2.24, 2.45) is 0 Å². The molecule has 4 nitrogen and oxygen atoms in total. The van der Waals surface area contributed by atoms with Crippen LogP contribution in [-0.2, 0) is 13.1 Å². The number of hydrogen-bond acceptors (Lipinski definition) is 3. The van der Waals surface area contributed by atoms with Gasteiger partial charge in [-0.25, -0.2) is 9.78 Å². The van der Waals surface area contributed by atoms with Crippen LogP contribution in [0.4, 0.5) is 4.79 Å². The van der Waals surface area contributed by atoms with Gasteiger partial charge in [0.05, 0.1) is 17.2 Å². The average molecular weight is 261 g/mol. The molecule has 0 radical (unpaired) electrons. The summed E-state index contributed by atoms with van der Waals surface area (Å²) in [6.45, 7) is 2.94. The molecule has 1 heterocycles. The van der Waals surface area contributed by atoms with Gasteiger partial charge in [-0.05, 0) is 12.5 Å². The van der Waals surface area contributed by atoms with E-state index in [1.54, 1.807) is 11.3 Å². The minimum Gasteiger partial charge on any atom is -0.334 e. The summed E-state index contributed by atoms with van der Waals surface area (Å²) in [6, 6.07) is 9.63. The van der Waals surface area contributed by atoms with E-state index in [0.717, 1.165) is 16.3 Å². The number of urea groups is 1. The quantitative estimate of drug-likeness (QED) is 0.888. The van der Waals surface area contributed by atoms with Gasteiger partial charge < -0.3 is 10.6 Å². The van der Waals surface area contributed by atoms with Gasteiger partial charge >= 0.3 is 6.03 Å². The van der Waals surface area contributed by atoms with Crippen LogP contribution in [0.1, 0.15) is 16.3 Å². The number of aromatic nitrogens is 1. The number of rotatable bonds is 4. The van der Waals surface area contributed by atoms with Gasteiger partial charge in [0, 0.05) is 11.9 Å². The van der Waals surface area contributed by atoms with Gasteiger partial charge in [-0.3, -0.25) is 0 Å². The van der Waals surface area contributed by atoms with Crippen molar-refractivity contribution in [3.63, 3.8) is 0 Å². The van der Waals surface area contributed by atoms with Gasteiger partial charge in [-0.15, -0.1) is 11.3 Å². The first kappa shape index (κ1) is 12.6. The SMILES string of the molecule is Cc1nc(CNC(=O)NCc2ccccc2)cs1. The largest absolute Gasteiger partial charge is 0.334 e. The van der Waals surface area contributed by atoms with Crippen LogP contribution >= 0.6 is 11.3 Å². The fourth-order valence-corrected chi connectivity index (χ4v) is 2.11. The lowest BCUT2D eigenvalue weighted by Crippen LogP contribution is -2.34. The van der Waals surface area contributed by atoms with E-state index >= 15 is 0 Å². The summed E-state index contributed by atoms with van der Waals surface area (Å²) < 4.78 is 0. The van der Waals surface area contributed by atoms with E-state index in [0.29, 0.717) is 13.1 Å². The average Bonchev–Trinajstić information content (AvgIpc) is 2.81. The van der Waals surface area contributed by atoms with Crippen molar-refractivity contribution in [3.8, 4) is 0 Å². The van der Waals surface area contributed by atoms with Gasteiger partial charge in [0.15, 0.2) is 0 Å². The number of carbonyl (C=O) groups excluding carboxylic acids is 1. The van der Waals surface area contributed by atoms with Crippen LogP contribution in [0.15, 0.2) is 35.7 Å². The third-order valence-electron chi connectivity index (χ3n) is 2.39. The number of aryl methyl sites for hydroxylation is 1. The van der Waals surface area contributed by atoms with Crippen LogP contribution in [0.5, 0.6) is 0 Å². The first-order valence-corrected chi connectivity index (χ1v) is 6.58. The van der Waals surface area contributed by atoms with Crippen LogP contribution in [0.25, 0.3) is 0 Å². The molecule has 94 valence electrons. The number of amides is 2. The Morgan fingerprint density at radius 1 is 1.22 bits per heavy atom. The van der Waals surface area contributed by atoms with Crippen molar-refractivity contribution in [1.29, 1.82) is 0 Å². The monoisotopic (exact) mass is 261 g/mol. The molecule has 0 saturated heterocycles. The Labute approximate surface area is 110 Å². The minimum absolute atomic E-state index is 0.176. The maximum absolute atomic E-state index is 11.5. The molecule has 5 heteroatoms. The van der Waals surface area contributed by atoms with Crippen LogP contribution < -0.4 is 10.6 Å². The number of nitrogens with zero attached hydrogens (tertiary/aromatic N) is 1. The molecule has 1 aromatic carbocycles. The van der Waals surface area contributed by atoms with Crippen LogP contribution in [-0.4, -0.2) is 11.0 Å². The van der Waals surface area contributed by atoms with E-state index < -0.39 is 0 Å². The second kappa shape index (κ2) is 6.16. The topological polar surface area (TPSA) is 54.0 Å². The first-order valence-electron chi connectivity index (χ1n) is 5.70. The van der Waals surface area contributed by atoms with Crippen molar-refractivity contribution in [2.75, 3.05) is 0 Å². The number of hydrogen-bond donors (Lipinski definition) is 2. The van der Waals surface area contributed by atoms with Crippen molar-refractivity contribution in [1.82, 2.24) is 15.6 Å². The molecule has 0 saturated carbocycles. The van der Waals surface area contributed by atoms with E-state index in [-0.39, 0.29) is 6.03 Å². The normalized spacial score (nSPS) is 10.1. The standard InChI is InChI=1S/C13H15N3OS/c1-10-16-12(9-18-10)8-15-13(17)14-7-11-5-3-2-4-6-11/h2-6,9H,7-8H2,1H3,(H2,14,15,17). The highest BCUT2D eigenvalue weighted by Crippen LogP contribution is 2.07. The molecule has 0 atom stereocenters. The highest BCUT2D eigenvalue weighted by atomic mass is 32.1. The summed E-state index contributed by atoms with van der Waals surface area (Å²) in [5, 5.41) is 8.54. The van der Waals surface area contributed by atoms with Crippen molar-refractivity contribution < 1.29 is 4.79 Å². The summed E-state index contributed by atoms with van der Waals surface area (Å²) in [4.78, 5) is 15.8. The zero-order chi connectivity index (χ0) is 12.8. The van der Waals surface area contributed by atoms with Crippen LogP contribution in [0.2, 0.25) is 0 Å². The number of carbonyl (C=O) groups is 1. The molecule has 0 unspecified atom stereocenters. The summed E-state index contributed by atoms with van der Waals surface area (Å²) in [6.07, 6.45) is 0. The molecule has 0 bridgehead atoms. The summed E-state index contributed by atoms with van der Waals surface area (Å²) in [5.74, 6) is 0. The third-order valence-corrected chi connectivity index (χ3v) is 3.21. The molecule has 18 heavy (non-hydrogen) atoms. The predicted molar refractivity (Wildman–Crippen MR) is 72.4 cm³/mol. The van der Waals surface area contributed by atoms with Gasteiger partial charge in [-0.2, -0.15) is 0 Å². The highest BCUT2D eigenvalue weighted by Gasteiger charge is 2.02. The lowest BCUT2D eigenvalue weighted by molar-refractivity contribution is 0.240. The number of thiazole rings is 1. The van der Waals surface area contributed by atoms with Gasteiger partial charge in [0.1, 0.15) is 0 Å². The maximum Gasteiger partial charge on any atom is 0.315 e. The zero-order valence-electron chi connectivity index (χ0n) is 10.1. The number of benzene rings is 1. The Hall–Kier alpha value is -1.88. The van der Waals surface area contributed by atoms with Crippen molar-refractivity contribution in [3.05, 3.63) is 52.0 Å². The zero-order valence-corrected chi connectivity index (χ0v) is 11.0. The lowest BCUT2D eigenvalue weighted by atomic mass is 10.2. The highest BCUT2D eigenvalue weighted by molar-refractivity contribution is 7.09. The molecule has 1 aromatic heterocycles. The Balaban J connectivity index is 1.73. The maximum atomic E-state index is 11.5. The Kier molecular flexibility index (Phi) is 4.30. The van der Waals surface area contributed by atoms with Gasteiger partial charge in [0.25, 0.3) is 0 Å². The van der Waals surface area contributed by atoms with Crippen molar-refractivity contribution in [2.45, 2.75) is 20.0 Å². The van der Waals surface area contributed by atoms with E-state index in [4.69, 9.17) is 0 Å².